The van der Waals surface area contributed by atoms with Crippen LogP contribution in [0.15, 0.2) is 0 Å². The van der Waals surface area contributed by atoms with Crippen molar-refractivity contribution >= 4 is 12.4 Å². The number of halogens is 1. The molecule has 0 bridgehead atoms. The van der Waals surface area contributed by atoms with Crippen molar-refractivity contribution in [2.75, 3.05) is 6.61 Å². The van der Waals surface area contributed by atoms with E-state index in [1.54, 1.807) is 0 Å². The van der Waals surface area contributed by atoms with Crippen LogP contribution in [0.5, 0.6) is 0 Å². The van der Waals surface area contributed by atoms with Gasteiger partial charge in [0.15, 0.2) is 0 Å². The Morgan fingerprint density at radius 2 is 2.29 bits per heavy atom. The van der Waals surface area contributed by atoms with Gasteiger partial charge in [0.25, 0.3) is 0 Å². The maximum absolute atomic E-state index is 5.19. The summed E-state index contributed by atoms with van der Waals surface area (Å²) in [6.07, 6.45) is 0.644. The summed E-state index contributed by atoms with van der Waals surface area (Å²) < 4.78 is 0. The quantitative estimate of drug-likeness (QED) is 0.465. The van der Waals surface area contributed by atoms with Crippen molar-refractivity contribution in [1.82, 2.24) is 0 Å². The van der Waals surface area contributed by atoms with E-state index in [9.17, 15) is 0 Å². The largest absolute Gasteiger partial charge is 0.303 e. The molecule has 4 heteroatoms. The normalized spacial score (nSPS) is 29.6. The summed E-state index contributed by atoms with van der Waals surface area (Å²) in [5.74, 6) is 0. The molecule has 1 saturated heterocycles. The molecule has 0 aromatic rings. The molecule has 1 unspecified atom stereocenters. The van der Waals surface area contributed by atoms with E-state index in [1.165, 1.54) is 0 Å². The molecular formula is C3H8ClNO2. The summed E-state index contributed by atoms with van der Waals surface area (Å²) >= 11 is 0. The van der Waals surface area contributed by atoms with Gasteiger partial charge < -0.3 is 5.73 Å². The van der Waals surface area contributed by atoms with E-state index in [1.807, 2.05) is 0 Å². The van der Waals surface area contributed by atoms with Crippen LogP contribution in [0.25, 0.3) is 0 Å². The minimum atomic E-state index is -0.176. The topological polar surface area (TPSA) is 44.5 Å². The fourth-order valence-corrected chi connectivity index (χ4v) is 0.348. The van der Waals surface area contributed by atoms with Crippen LogP contribution in [0.2, 0.25) is 0 Å². The Labute approximate surface area is 48.1 Å². The van der Waals surface area contributed by atoms with Gasteiger partial charge in [0.05, 0.1) is 6.61 Å². The Hall–Kier alpha value is 0.170. The average Bonchev–Trinajstić information content (AvgIpc) is 1.86. The van der Waals surface area contributed by atoms with E-state index in [2.05, 4.69) is 9.78 Å². The molecule has 0 aromatic carbocycles. The van der Waals surface area contributed by atoms with E-state index in [-0.39, 0.29) is 18.6 Å². The highest BCUT2D eigenvalue weighted by molar-refractivity contribution is 5.85. The first-order chi connectivity index (χ1) is 2.89. The van der Waals surface area contributed by atoms with Crippen LogP contribution in [-0.2, 0) is 9.78 Å². The standard InChI is InChI=1S/C3H7NO2.ClH/c4-3-1-2-5-6-3;/h3H,1-2,4H2;1H. The second kappa shape index (κ2) is 3.21. The predicted octanol–water partition coefficient (Wildman–Crippen LogP) is 0.0449. The van der Waals surface area contributed by atoms with E-state index in [4.69, 9.17) is 5.73 Å². The van der Waals surface area contributed by atoms with E-state index in [0.717, 1.165) is 6.42 Å². The third kappa shape index (κ3) is 2.09. The van der Waals surface area contributed by atoms with Gasteiger partial charge in [-0.25, -0.2) is 9.78 Å². The fourth-order valence-electron chi connectivity index (χ4n) is 0.348. The Balaban J connectivity index is 0.000000360. The lowest BCUT2D eigenvalue weighted by atomic mass is 10.4. The molecule has 2 N–H and O–H groups in total. The first-order valence-electron chi connectivity index (χ1n) is 1.93. The maximum atomic E-state index is 5.19. The highest BCUT2D eigenvalue weighted by Gasteiger charge is 2.09. The van der Waals surface area contributed by atoms with Gasteiger partial charge in [-0.3, -0.25) is 0 Å². The Morgan fingerprint density at radius 1 is 1.57 bits per heavy atom. The van der Waals surface area contributed by atoms with Crippen molar-refractivity contribution in [3.05, 3.63) is 0 Å². The molecule has 7 heavy (non-hydrogen) atoms. The van der Waals surface area contributed by atoms with Crippen LogP contribution in [-0.4, -0.2) is 12.8 Å². The lowest BCUT2D eigenvalue weighted by molar-refractivity contribution is -0.273. The molecule has 1 rings (SSSR count). The van der Waals surface area contributed by atoms with Crippen LogP contribution in [0.1, 0.15) is 6.42 Å². The summed E-state index contributed by atoms with van der Waals surface area (Å²) in [5.41, 5.74) is 5.19. The van der Waals surface area contributed by atoms with Crippen LogP contribution in [0.3, 0.4) is 0 Å². The summed E-state index contributed by atoms with van der Waals surface area (Å²) in [5, 5.41) is 0. The molecule has 1 aliphatic heterocycles. The monoisotopic (exact) mass is 125 g/mol. The van der Waals surface area contributed by atoms with Gasteiger partial charge in [-0.05, 0) is 0 Å². The van der Waals surface area contributed by atoms with Crippen molar-refractivity contribution in [3.63, 3.8) is 0 Å². The molecule has 1 heterocycles. The lowest BCUT2D eigenvalue weighted by Gasteiger charge is -1.91. The van der Waals surface area contributed by atoms with Crippen molar-refractivity contribution in [1.29, 1.82) is 0 Å². The van der Waals surface area contributed by atoms with Crippen LogP contribution >= 0.6 is 12.4 Å². The summed E-state index contributed by atoms with van der Waals surface area (Å²) in [7, 11) is 0. The van der Waals surface area contributed by atoms with E-state index >= 15 is 0 Å². The third-order valence-corrected chi connectivity index (χ3v) is 0.677. The Bertz CT molecular complexity index is 46.2. The molecule has 44 valence electrons. The molecule has 0 spiro atoms. The van der Waals surface area contributed by atoms with Crippen molar-refractivity contribution in [3.8, 4) is 0 Å². The summed E-state index contributed by atoms with van der Waals surface area (Å²) in [4.78, 5) is 8.86. The molecular weight excluding hydrogens is 117 g/mol. The van der Waals surface area contributed by atoms with E-state index < -0.39 is 0 Å². The van der Waals surface area contributed by atoms with Gasteiger partial charge >= 0.3 is 0 Å². The maximum Gasteiger partial charge on any atom is 0.143 e. The molecule has 3 nitrogen and oxygen atoms in total. The van der Waals surface area contributed by atoms with Gasteiger partial charge in [-0.2, -0.15) is 0 Å². The zero-order chi connectivity index (χ0) is 4.41. The van der Waals surface area contributed by atoms with Gasteiger partial charge in [-0.15, -0.1) is 12.4 Å². The van der Waals surface area contributed by atoms with Crippen LogP contribution in [0, 0.1) is 0 Å². The second-order valence-electron chi connectivity index (χ2n) is 1.25. The minimum absolute atomic E-state index is 0. The van der Waals surface area contributed by atoms with E-state index in [0.29, 0.717) is 6.61 Å². The first kappa shape index (κ1) is 7.17. The summed E-state index contributed by atoms with van der Waals surface area (Å²) in [6, 6.07) is 0. The smallest absolute Gasteiger partial charge is 0.143 e. The predicted molar refractivity (Wildman–Crippen MR) is 26.9 cm³/mol. The second-order valence-corrected chi connectivity index (χ2v) is 1.25. The molecule has 0 aliphatic carbocycles. The molecule has 0 radical (unpaired) electrons. The van der Waals surface area contributed by atoms with Crippen molar-refractivity contribution < 1.29 is 9.78 Å². The van der Waals surface area contributed by atoms with Crippen molar-refractivity contribution in [2.45, 2.75) is 12.6 Å². The van der Waals surface area contributed by atoms with Crippen LogP contribution in [0.4, 0.5) is 0 Å². The lowest BCUT2D eigenvalue weighted by Crippen LogP contribution is -2.16. The van der Waals surface area contributed by atoms with Gasteiger partial charge in [-0.1, -0.05) is 0 Å². The minimum Gasteiger partial charge on any atom is -0.303 e. The molecule has 0 amide bonds. The van der Waals surface area contributed by atoms with Gasteiger partial charge in [0.2, 0.25) is 0 Å². The highest BCUT2D eigenvalue weighted by Crippen LogP contribution is 2.00. The Morgan fingerprint density at radius 3 is 2.43 bits per heavy atom. The van der Waals surface area contributed by atoms with Gasteiger partial charge in [0.1, 0.15) is 6.23 Å². The fraction of sp³-hybridized carbons (Fsp3) is 1.00. The molecule has 1 fully saturated rings. The third-order valence-electron chi connectivity index (χ3n) is 0.677. The van der Waals surface area contributed by atoms with Crippen molar-refractivity contribution in [2.24, 2.45) is 5.73 Å². The number of hydrogen-bond donors (Lipinski definition) is 1. The zero-order valence-electron chi connectivity index (χ0n) is 3.79. The Kier molecular flexibility index (Phi) is 3.29. The number of nitrogens with two attached hydrogens (primary N) is 1. The average molecular weight is 126 g/mol. The van der Waals surface area contributed by atoms with Gasteiger partial charge in [0, 0.05) is 6.42 Å². The summed E-state index contributed by atoms with van der Waals surface area (Å²) in [6.45, 7) is 0.640. The number of hydrogen-bond acceptors (Lipinski definition) is 3. The SMILES string of the molecule is Cl.NC1CCOO1. The molecule has 1 atom stereocenters. The zero-order valence-corrected chi connectivity index (χ0v) is 4.61. The first-order valence-corrected chi connectivity index (χ1v) is 1.93. The molecule has 0 saturated carbocycles. The number of rotatable bonds is 0. The molecule has 1 aliphatic rings. The van der Waals surface area contributed by atoms with Crippen LogP contribution < -0.4 is 5.73 Å². The molecule has 0 aromatic heterocycles. The highest BCUT2D eigenvalue weighted by atomic mass is 35.5.